The van der Waals surface area contributed by atoms with Gasteiger partial charge in [0, 0.05) is 0 Å². The molecule has 0 unspecified atom stereocenters. The average molecular weight is 197 g/mol. The molecule has 0 aliphatic carbocycles. The van der Waals surface area contributed by atoms with Gasteiger partial charge in [-0.3, -0.25) is 0 Å². The molecule has 3 fully saturated rings. The molecule has 0 saturated carbocycles. The van der Waals surface area contributed by atoms with Crippen LogP contribution in [0.15, 0.2) is 0 Å². The van der Waals surface area contributed by atoms with Crippen LogP contribution in [0.25, 0.3) is 0 Å². The largest absolute Gasteiger partial charge is 0.478 e. The van der Waals surface area contributed by atoms with Gasteiger partial charge in [0.15, 0.2) is 0 Å². The molecular formula is C5H10O4PS+. The van der Waals surface area contributed by atoms with Crippen molar-refractivity contribution in [3.8, 4) is 0 Å². The van der Waals surface area contributed by atoms with E-state index in [2.05, 4.69) is 12.2 Å². The van der Waals surface area contributed by atoms with Crippen LogP contribution in [0.1, 0.15) is 0 Å². The van der Waals surface area contributed by atoms with Crippen molar-refractivity contribution in [2.45, 2.75) is 0 Å². The lowest BCUT2D eigenvalue weighted by molar-refractivity contribution is -0.0998. The van der Waals surface area contributed by atoms with E-state index >= 15 is 0 Å². The Morgan fingerprint density at radius 3 is 2.09 bits per heavy atom. The van der Waals surface area contributed by atoms with Gasteiger partial charge in [0.1, 0.15) is 19.8 Å². The van der Waals surface area contributed by atoms with Crippen LogP contribution in [0.5, 0.6) is 0 Å². The van der Waals surface area contributed by atoms with Crippen LogP contribution in [0.4, 0.5) is 0 Å². The molecule has 1 N–H and O–H groups in total. The van der Waals surface area contributed by atoms with Gasteiger partial charge in [-0.2, -0.15) is 13.6 Å². The van der Waals surface area contributed by atoms with Crippen molar-refractivity contribution in [1.29, 1.82) is 0 Å². The Bertz CT molecular complexity index is 151. The lowest BCUT2D eigenvalue weighted by atomic mass is 9.93. The number of aliphatic hydroxyl groups excluding tert-OH is 1. The number of thiol groups is 1. The maximum absolute atomic E-state index is 9.00. The van der Waals surface area contributed by atoms with E-state index in [9.17, 15) is 0 Å². The highest BCUT2D eigenvalue weighted by molar-refractivity contribution is 8.47. The Kier molecular flexibility index (Phi) is 1.91. The molecule has 0 aromatic carbocycles. The normalized spacial score (nSPS) is 49.6. The second-order valence-corrected chi connectivity index (χ2v) is 6.13. The molecule has 6 heteroatoms. The van der Waals surface area contributed by atoms with Crippen molar-refractivity contribution in [2.24, 2.45) is 5.41 Å². The average Bonchev–Trinajstić information content (AvgIpc) is 2.07. The van der Waals surface area contributed by atoms with Crippen LogP contribution >= 0.6 is 19.4 Å². The molecule has 4 nitrogen and oxygen atoms in total. The van der Waals surface area contributed by atoms with Crippen molar-refractivity contribution in [3.05, 3.63) is 0 Å². The molecule has 3 heterocycles. The maximum atomic E-state index is 9.00. The summed E-state index contributed by atoms with van der Waals surface area (Å²) < 4.78 is 15.7. The summed E-state index contributed by atoms with van der Waals surface area (Å²) in [5, 5.41) is 9.00. The molecule has 3 rings (SSSR count). The molecule has 0 spiro atoms. The Balaban J connectivity index is 2.12. The predicted molar refractivity (Wildman–Crippen MR) is 43.3 cm³/mol. The minimum absolute atomic E-state index is 0.0424. The minimum atomic E-state index is -2.25. The predicted octanol–water partition coefficient (Wildman–Crippen LogP) is 0.649. The molecule has 3 saturated heterocycles. The van der Waals surface area contributed by atoms with Crippen molar-refractivity contribution < 1.29 is 18.7 Å². The van der Waals surface area contributed by atoms with Gasteiger partial charge >= 0.3 is 7.15 Å². The van der Waals surface area contributed by atoms with Crippen LogP contribution < -0.4 is 0 Å². The summed E-state index contributed by atoms with van der Waals surface area (Å²) in [4.78, 5) is 0. The van der Waals surface area contributed by atoms with Gasteiger partial charge in [0.25, 0.3) is 0 Å². The van der Waals surface area contributed by atoms with Gasteiger partial charge in [0.2, 0.25) is 0 Å². The van der Waals surface area contributed by atoms with E-state index < -0.39 is 7.15 Å². The topological polar surface area (TPSA) is 47.9 Å². The zero-order valence-electron chi connectivity index (χ0n) is 5.89. The van der Waals surface area contributed by atoms with Crippen LogP contribution in [-0.2, 0) is 13.6 Å². The zero-order chi connectivity index (χ0) is 7.95. The Hall–Kier alpha value is 0.620. The highest BCUT2D eigenvalue weighted by Gasteiger charge is 2.59. The van der Waals surface area contributed by atoms with Crippen LogP contribution in [-0.4, -0.2) is 31.5 Å². The summed E-state index contributed by atoms with van der Waals surface area (Å²) in [6, 6.07) is 0. The molecule has 0 amide bonds. The van der Waals surface area contributed by atoms with E-state index in [1.165, 1.54) is 0 Å². The van der Waals surface area contributed by atoms with Gasteiger partial charge in [0.05, 0.1) is 24.3 Å². The second-order valence-electron chi connectivity index (χ2n) is 2.95. The Labute approximate surface area is 70.6 Å². The first-order valence-electron chi connectivity index (χ1n) is 3.34. The number of aliphatic hydroxyl groups is 1. The highest BCUT2D eigenvalue weighted by atomic mass is 32.7. The number of fused-ring (bicyclic) bond motifs is 3. The fourth-order valence-corrected chi connectivity index (χ4v) is 3.08. The van der Waals surface area contributed by atoms with E-state index in [1.807, 2.05) is 0 Å². The molecule has 0 aromatic heterocycles. The van der Waals surface area contributed by atoms with Crippen LogP contribution in [0, 0.1) is 5.41 Å². The van der Waals surface area contributed by atoms with E-state index in [0.29, 0.717) is 19.8 Å². The Morgan fingerprint density at radius 2 is 1.73 bits per heavy atom. The summed E-state index contributed by atoms with van der Waals surface area (Å²) in [6.45, 7) is 1.54. The van der Waals surface area contributed by atoms with Gasteiger partial charge < -0.3 is 5.11 Å². The van der Waals surface area contributed by atoms with Gasteiger partial charge in [-0.05, 0) is 0 Å². The first-order valence-corrected chi connectivity index (χ1v) is 6.04. The Morgan fingerprint density at radius 1 is 1.27 bits per heavy atom. The number of rotatable bonds is 1. The zero-order valence-corrected chi connectivity index (χ0v) is 7.68. The van der Waals surface area contributed by atoms with E-state index in [0.717, 1.165) is 0 Å². The van der Waals surface area contributed by atoms with Gasteiger partial charge in [-0.15, -0.1) is 0 Å². The molecule has 0 radical (unpaired) electrons. The monoisotopic (exact) mass is 197 g/mol. The third-order valence-corrected chi connectivity index (χ3v) is 4.34. The molecular weight excluding hydrogens is 187 g/mol. The van der Waals surface area contributed by atoms with E-state index in [-0.39, 0.29) is 12.0 Å². The van der Waals surface area contributed by atoms with E-state index in [1.54, 1.807) is 0 Å². The number of hydrogen-bond acceptors (Lipinski definition) is 5. The lowest BCUT2D eigenvalue weighted by Crippen LogP contribution is -2.47. The van der Waals surface area contributed by atoms with Crippen molar-refractivity contribution in [1.82, 2.24) is 0 Å². The molecule has 3 aliphatic rings. The van der Waals surface area contributed by atoms with Gasteiger partial charge in [-0.25, -0.2) is 0 Å². The first kappa shape index (κ1) is 8.23. The third-order valence-electron chi connectivity index (χ3n) is 1.94. The molecule has 64 valence electrons. The third kappa shape index (κ3) is 1.30. The summed E-state index contributed by atoms with van der Waals surface area (Å²) >= 11 is 4.13. The number of hydrogen-bond donors (Lipinski definition) is 2. The fourth-order valence-electron chi connectivity index (χ4n) is 1.03. The quantitative estimate of drug-likeness (QED) is 0.478. The lowest BCUT2D eigenvalue weighted by Gasteiger charge is -2.40. The molecule has 0 aromatic rings. The first-order chi connectivity index (χ1) is 5.18. The SMILES string of the molecule is OCC12CO[P+](S)(OC1)OC2. The fraction of sp³-hybridized carbons (Fsp3) is 1.00. The van der Waals surface area contributed by atoms with Gasteiger partial charge in [-0.1, -0.05) is 0 Å². The summed E-state index contributed by atoms with van der Waals surface area (Å²) in [6.07, 6.45) is 0. The summed E-state index contributed by atoms with van der Waals surface area (Å²) in [5.74, 6) is 0. The summed E-state index contributed by atoms with van der Waals surface area (Å²) in [5.41, 5.74) is -0.329. The smallest absolute Gasteiger partial charge is 0.396 e. The molecule has 11 heavy (non-hydrogen) atoms. The van der Waals surface area contributed by atoms with Crippen LogP contribution in [0.3, 0.4) is 0 Å². The molecule has 0 atom stereocenters. The standard InChI is InChI=1S/C5H10O4PS/c6-1-5-2-7-10(11,8-3-5)9-4-5/h6,11H,1-4H2/q+1. The van der Waals surface area contributed by atoms with E-state index in [4.69, 9.17) is 18.7 Å². The summed E-state index contributed by atoms with van der Waals surface area (Å²) in [7, 11) is -2.25. The molecule has 3 aliphatic heterocycles. The maximum Gasteiger partial charge on any atom is 0.478 e. The minimum Gasteiger partial charge on any atom is -0.396 e. The second kappa shape index (κ2) is 2.55. The molecule has 2 bridgehead atoms. The highest BCUT2D eigenvalue weighted by Crippen LogP contribution is 2.73. The van der Waals surface area contributed by atoms with Crippen molar-refractivity contribution >= 4 is 19.4 Å². The van der Waals surface area contributed by atoms with Crippen LogP contribution in [0.2, 0.25) is 0 Å². The van der Waals surface area contributed by atoms with Crippen molar-refractivity contribution in [2.75, 3.05) is 26.4 Å². The van der Waals surface area contributed by atoms with Crippen molar-refractivity contribution in [3.63, 3.8) is 0 Å².